The molecule has 0 fully saturated rings. The lowest BCUT2D eigenvalue weighted by Crippen LogP contribution is -2.26. The molecule has 3 rings (SSSR count). The lowest BCUT2D eigenvalue weighted by molar-refractivity contribution is 0.171. The van der Waals surface area contributed by atoms with Crippen LogP contribution >= 0.6 is 0 Å². The van der Waals surface area contributed by atoms with Gasteiger partial charge in [-0.3, -0.25) is 0 Å². The molecule has 0 N–H and O–H groups in total. The number of fused-ring (bicyclic) bond motifs is 1. The van der Waals surface area contributed by atoms with E-state index in [1.54, 1.807) is 32.4 Å². The third kappa shape index (κ3) is 3.57. The molecule has 2 aromatic carbocycles. The molecule has 0 amide bonds. The molecule has 2 aromatic rings. The summed E-state index contributed by atoms with van der Waals surface area (Å²) in [5.41, 5.74) is 1.61. The number of benzene rings is 2. The van der Waals surface area contributed by atoms with Crippen LogP contribution in [0, 0.1) is 6.92 Å². The molecule has 0 bridgehead atoms. The van der Waals surface area contributed by atoms with E-state index in [-0.39, 0.29) is 11.4 Å². The number of rotatable bonds is 5. The van der Waals surface area contributed by atoms with E-state index < -0.39 is 10.0 Å². The maximum absolute atomic E-state index is 12.8. The Labute approximate surface area is 148 Å². The number of methoxy groups -OCH3 is 1. The summed E-state index contributed by atoms with van der Waals surface area (Å²) in [5, 5.41) is 0. The summed E-state index contributed by atoms with van der Waals surface area (Å²) >= 11 is 0. The van der Waals surface area contributed by atoms with E-state index in [2.05, 4.69) is 0 Å². The highest BCUT2D eigenvalue weighted by molar-refractivity contribution is 7.89. The fraction of sp³-hybridized carbons (Fsp3) is 0.333. The Morgan fingerprint density at radius 1 is 1.08 bits per heavy atom. The van der Waals surface area contributed by atoms with Gasteiger partial charge in [-0.2, -0.15) is 4.31 Å². The normalized spacial score (nSPS) is 13.8. The van der Waals surface area contributed by atoms with Gasteiger partial charge in [-0.1, -0.05) is 6.07 Å². The van der Waals surface area contributed by atoms with Gasteiger partial charge in [-0.05, 0) is 48.4 Å². The number of nitrogens with zero attached hydrogens (tertiary/aromatic N) is 1. The summed E-state index contributed by atoms with van der Waals surface area (Å²) in [6, 6.07) is 10.3. The maximum Gasteiger partial charge on any atom is 0.243 e. The van der Waals surface area contributed by atoms with E-state index in [1.807, 2.05) is 25.1 Å². The van der Waals surface area contributed by atoms with Gasteiger partial charge in [0.15, 0.2) is 11.5 Å². The predicted octanol–water partition coefficient (Wildman–Crippen LogP) is 2.60. The summed E-state index contributed by atoms with van der Waals surface area (Å²) < 4.78 is 43.2. The van der Waals surface area contributed by atoms with Gasteiger partial charge >= 0.3 is 0 Å². The van der Waals surface area contributed by atoms with E-state index in [4.69, 9.17) is 14.2 Å². The van der Waals surface area contributed by atoms with Gasteiger partial charge in [-0.15, -0.1) is 0 Å². The molecule has 1 aliphatic rings. The number of hydrogen-bond acceptors (Lipinski definition) is 5. The first-order valence-electron chi connectivity index (χ1n) is 7.91. The summed E-state index contributed by atoms with van der Waals surface area (Å²) in [6.07, 6.45) is 0. The van der Waals surface area contributed by atoms with Crippen LogP contribution in [-0.4, -0.2) is 40.1 Å². The minimum atomic E-state index is -3.60. The van der Waals surface area contributed by atoms with Crippen LogP contribution in [0.4, 0.5) is 0 Å². The van der Waals surface area contributed by atoms with E-state index >= 15 is 0 Å². The second-order valence-corrected chi connectivity index (χ2v) is 7.92. The molecule has 0 saturated heterocycles. The highest BCUT2D eigenvalue weighted by Gasteiger charge is 2.22. The summed E-state index contributed by atoms with van der Waals surface area (Å²) in [4.78, 5) is 0.242. The Bertz CT molecular complexity index is 879. The molecule has 0 aromatic heterocycles. The molecule has 0 aliphatic carbocycles. The van der Waals surface area contributed by atoms with E-state index in [0.717, 1.165) is 11.1 Å². The topological polar surface area (TPSA) is 65.1 Å². The Morgan fingerprint density at radius 2 is 1.80 bits per heavy atom. The molecule has 0 atom stereocenters. The largest absolute Gasteiger partial charge is 0.496 e. The van der Waals surface area contributed by atoms with Gasteiger partial charge in [0, 0.05) is 13.6 Å². The lowest BCUT2D eigenvalue weighted by Gasteiger charge is -2.21. The van der Waals surface area contributed by atoms with Gasteiger partial charge in [0.1, 0.15) is 19.0 Å². The molecule has 7 heteroatoms. The molecule has 6 nitrogen and oxygen atoms in total. The van der Waals surface area contributed by atoms with Gasteiger partial charge in [0.2, 0.25) is 10.0 Å². The van der Waals surface area contributed by atoms with Crippen LogP contribution in [0.15, 0.2) is 41.3 Å². The molecule has 0 spiro atoms. The van der Waals surface area contributed by atoms with Crippen molar-refractivity contribution in [3.8, 4) is 17.2 Å². The van der Waals surface area contributed by atoms with Crippen LogP contribution in [0.3, 0.4) is 0 Å². The Balaban J connectivity index is 1.82. The third-order valence-corrected chi connectivity index (χ3v) is 5.89. The zero-order chi connectivity index (χ0) is 18.0. The summed E-state index contributed by atoms with van der Waals surface area (Å²) in [6.45, 7) is 3.08. The molecule has 1 aliphatic heterocycles. The van der Waals surface area contributed by atoms with Crippen molar-refractivity contribution in [3.63, 3.8) is 0 Å². The molecule has 0 radical (unpaired) electrons. The highest BCUT2D eigenvalue weighted by Crippen LogP contribution is 2.31. The van der Waals surface area contributed by atoms with Crippen molar-refractivity contribution in [1.29, 1.82) is 0 Å². The average Bonchev–Trinajstić information content (AvgIpc) is 2.61. The average molecular weight is 363 g/mol. The van der Waals surface area contributed by atoms with Crippen LogP contribution < -0.4 is 14.2 Å². The number of aryl methyl sites for hydroxylation is 1. The van der Waals surface area contributed by atoms with Crippen LogP contribution in [0.5, 0.6) is 17.2 Å². The zero-order valence-electron chi connectivity index (χ0n) is 14.5. The van der Waals surface area contributed by atoms with Crippen molar-refractivity contribution in [1.82, 2.24) is 4.31 Å². The fourth-order valence-corrected chi connectivity index (χ4v) is 3.96. The minimum Gasteiger partial charge on any atom is -0.496 e. The number of sulfonamides is 1. The first-order chi connectivity index (χ1) is 11.9. The van der Waals surface area contributed by atoms with Gasteiger partial charge in [0.05, 0.1) is 12.0 Å². The lowest BCUT2D eigenvalue weighted by atomic mass is 10.2. The Hall–Kier alpha value is -2.25. The molecule has 1 heterocycles. The smallest absolute Gasteiger partial charge is 0.243 e. The van der Waals surface area contributed by atoms with Crippen molar-refractivity contribution in [3.05, 3.63) is 47.5 Å². The number of hydrogen-bond donors (Lipinski definition) is 0. The maximum atomic E-state index is 12.8. The van der Waals surface area contributed by atoms with Crippen molar-refractivity contribution >= 4 is 10.0 Å². The molecule has 134 valence electrons. The van der Waals surface area contributed by atoms with Crippen molar-refractivity contribution < 1.29 is 22.6 Å². The van der Waals surface area contributed by atoms with Crippen LogP contribution in [0.2, 0.25) is 0 Å². The number of ether oxygens (including phenoxy) is 3. The molecule has 25 heavy (non-hydrogen) atoms. The second-order valence-electron chi connectivity index (χ2n) is 5.87. The standard InChI is InChI=1S/C18H21NO5S/c1-13-10-15(5-7-16(13)22-3)25(20,21)19(2)12-14-4-6-17-18(11-14)24-9-8-23-17/h4-7,10-11H,8-9,12H2,1-3H3. The fourth-order valence-electron chi connectivity index (χ4n) is 2.72. The van der Waals surface area contributed by atoms with Gasteiger partial charge in [-0.25, -0.2) is 8.42 Å². The molecular weight excluding hydrogens is 342 g/mol. The Kier molecular flexibility index (Phi) is 4.87. The minimum absolute atomic E-state index is 0.240. The monoisotopic (exact) mass is 363 g/mol. The first-order valence-corrected chi connectivity index (χ1v) is 9.35. The van der Waals surface area contributed by atoms with E-state index in [1.165, 1.54) is 4.31 Å². The Morgan fingerprint density at radius 3 is 2.48 bits per heavy atom. The van der Waals surface area contributed by atoms with E-state index in [0.29, 0.717) is 30.5 Å². The van der Waals surface area contributed by atoms with Crippen LogP contribution in [0.1, 0.15) is 11.1 Å². The third-order valence-electron chi connectivity index (χ3n) is 4.09. The summed E-state index contributed by atoms with van der Waals surface area (Å²) in [5.74, 6) is 1.99. The quantitative estimate of drug-likeness (QED) is 0.817. The SMILES string of the molecule is COc1ccc(S(=O)(=O)N(C)Cc2ccc3c(c2)OCCO3)cc1C. The van der Waals surface area contributed by atoms with Crippen molar-refractivity contribution in [2.24, 2.45) is 0 Å². The zero-order valence-corrected chi connectivity index (χ0v) is 15.3. The van der Waals surface area contributed by atoms with Gasteiger partial charge in [0.25, 0.3) is 0 Å². The van der Waals surface area contributed by atoms with Crippen molar-refractivity contribution in [2.75, 3.05) is 27.4 Å². The van der Waals surface area contributed by atoms with Crippen LogP contribution in [0.25, 0.3) is 0 Å². The predicted molar refractivity (Wildman–Crippen MR) is 93.8 cm³/mol. The first kappa shape index (κ1) is 17.6. The highest BCUT2D eigenvalue weighted by atomic mass is 32.2. The van der Waals surface area contributed by atoms with E-state index in [9.17, 15) is 8.42 Å². The van der Waals surface area contributed by atoms with Crippen LogP contribution in [-0.2, 0) is 16.6 Å². The molecular formula is C18H21NO5S. The molecule has 0 unspecified atom stereocenters. The second kappa shape index (κ2) is 6.93. The van der Waals surface area contributed by atoms with Gasteiger partial charge < -0.3 is 14.2 Å². The van der Waals surface area contributed by atoms with Crippen molar-refractivity contribution in [2.45, 2.75) is 18.4 Å². The molecule has 0 saturated carbocycles. The summed E-state index contributed by atoms with van der Waals surface area (Å²) in [7, 11) is -0.479.